The highest BCUT2D eigenvalue weighted by molar-refractivity contribution is 8.00. The molecule has 0 unspecified atom stereocenters. The van der Waals surface area contributed by atoms with Crippen LogP contribution in [0.3, 0.4) is 0 Å². The van der Waals surface area contributed by atoms with Crippen molar-refractivity contribution in [1.29, 1.82) is 0 Å². The monoisotopic (exact) mass is 284 g/mol. The number of amides is 1. The van der Waals surface area contributed by atoms with Crippen LogP contribution >= 0.6 is 11.8 Å². The summed E-state index contributed by atoms with van der Waals surface area (Å²) in [5, 5.41) is 6.09. The van der Waals surface area contributed by atoms with Gasteiger partial charge in [-0.05, 0) is 19.1 Å². The zero-order valence-corrected chi connectivity index (χ0v) is 10.8. The third-order valence-electron chi connectivity index (χ3n) is 2.14. The Balaban J connectivity index is 1.89. The predicted octanol–water partition coefficient (Wildman–Crippen LogP) is 2.99. The number of carbonyl (C=O) groups excluding carboxylic acids is 1. The number of hydrogen-bond acceptors (Lipinski definition) is 4. The lowest BCUT2D eigenvalue weighted by atomic mass is 10.3. The Bertz CT molecular complexity index is 601. The summed E-state index contributed by atoms with van der Waals surface area (Å²) < 4.78 is 30.8. The molecule has 0 spiro atoms. The van der Waals surface area contributed by atoms with E-state index >= 15 is 0 Å². The van der Waals surface area contributed by atoms with Gasteiger partial charge in [0.1, 0.15) is 11.6 Å². The molecule has 7 heteroatoms. The first-order valence-corrected chi connectivity index (χ1v) is 6.34. The number of aryl methyl sites for hydroxylation is 1. The Morgan fingerprint density at radius 1 is 1.42 bits per heavy atom. The summed E-state index contributed by atoms with van der Waals surface area (Å²) in [5.41, 5.74) is 0.646. The number of rotatable bonds is 4. The molecule has 1 amide bonds. The van der Waals surface area contributed by atoms with Gasteiger partial charge in [-0.25, -0.2) is 8.78 Å². The largest absolute Gasteiger partial charge is 0.338 e. The summed E-state index contributed by atoms with van der Waals surface area (Å²) >= 11 is 0.974. The van der Waals surface area contributed by atoms with Gasteiger partial charge in [-0.15, -0.1) is 11.8 Å². The van der Waals surface area contributed by atoms with E-state index < -0.39 is 11.6 Å². The average molecular weight is 284 g/mol. The van der Waals surface area contributed by atoms with E-state index in [1.807, 2.05) is 0 Å². The summed E-state index contributed by atoms with van der Waals surface area (Å²) in [5.74, 6) is -1.47. The molecule has 0 saturated heterocycles. The smallest absolute Gasteiger partial charge is 0.237 e. The van der Waals surface area contributed by atoms with Crippen LogP contribution in [0.5, 0.6) is 0 Å². The SMILES string of the molecule is Cc1cc(NC(=O)CSc2ccc(F)cc2F)on1. The van der Waals surface area contributed by atoms with Crippen LogP contribution in [-0.2, 0) is 4.79 Å². The summed E-state index contributed by atoms with van der Waals surface area (Å²) in [6.07, 6.45) is 0. The number of nitrogens with one attached hydrogen (secondary N) is 1. The van der Waals surface area contributed by atoms with Gasteiger partial charge in [0.2, 0.25) is 11.8 Å². The minimum Gasteiger partial charge on any atom is -0.338 e. The molecule has 0 fully saturated rings. The molecule has 0 aliphatic heterocycles. The summed E-state index contributed by atoms with van der Waals surface area (Å²) in [4.78, 5) is 11.8. The first kappa shape index (κ1) is 13.5. The second-order valence-corrected chi connectivity index (χ2v) is 4.76. The minimum absolute atomic E-state index is 0.0116. The van der Waals surface area contributed by atoms with Gasteiger partial charge in [-0.1, -0.05) is 5.16 Å². The van der Waals surface area contributed by atoms with E-state index in [0.29, 0.717) is 5.69 Å². The Kier molecular flexibility index (Phi) is 4.16. The first-order valence-electron chi connectivity index (χ1n) is 5.35. The number of aromatic nitrogens is 1. The van der Waals surface area contributed by atoms with Gasteiger partial charge >= 0.3 is 0 Å². The maximum atomic E-state index is 13.3. The lowest BCUT2D eigenvalue weighted by Crippen LogP contribution is -2.13. The van der Waals surface area contributed by atoms with Gasteiger partial charge in [0.25, 0.3) is 0 Å². The van der Waals surface area contributed by atoms with E-state index in [2.05, 4.69) is 10.5 Å². The third-order valence-corrected chi connectivity index (χ3v) is 3.19. The molecular formula is C12H10F2N2O2S. The quantitative estimate of drug-likeness (QED) is 0.877. The van der Waals surface area contributed by atoms with Crippen LogP contribution in [0, 0.1) is 18.6 Å². The molecule has 0 bridgehead atoms. The van der Waals surface area contributed by atoms with E-state index in [9.17, 15) is 13.6 Å². The molecule has 0 radical (unpaired) electrons. The highest BCUT2D eigenvalue weighted by atomic mass is 32.2. The number of benzene rings is 1. The molecule has 0 atom stereocenters. The highest BCUT2D eigenvalue weighted by Gasteiger charge is 2.10. The van der Waals surface area contributed by atoms with Crippen LogP contribution in [0.4, 0.5) is 14.7 Å². The van der Waals surface area contributed by atoms with E-state index in [1.165, 1.54) is 6.07 Å². The molecule has 2 aromatic rings. The van der Waals surface area contributed by atoms with Crippen LogP contribution in [-0.4, -0.2) is 16.8 Å². The fourth-order valence-corrected chi connectivity index (χ4v) is 2.05. The lowest BCUT2D eigenvalue weighted by molar-refractivity contribution is -0.113. The zero-order chi connectivity index (χ0) is 13.8. The maximum Gasteiger partial charge on any atom is 0.237 e. The second kappa shape index (κ2) is 5.83. The van der Waals surface area contributed by atoms with Crippen LogP contribution in [0.25, 0.3) is 0 Å². The second-order valence-electron chi connectivity index (χ2n) is 3.74. The number of hydrogen-bond donors (Lipinski definition) is 1. The fraction of sp³-hybridized carbons (Fsp3) is 0.167. The van der Waals surface area contributed by atoms with E-state index in [1.54, 1.807) is 13.0 Å². The number of carbonyl (C=O) groups is 1. The van der Waals surface area contributed by atoms with E-state index in [4.69, 9.17) is 4.52 Å². The van der Waals surface area contributed by atoms with Crippen LogP contribution in [0.15, 0.2) is 33.7 Å². The number of thioether (sulfide) groups is 1. The zero-order valence-electron chi connectivity index (χ0n) is 9.94. The Labute approximate surface area is 112 Å². The van der Waals surface area contributed by atoms with Crippen LogP contribution in [0.1, 0.15) is 5.69 Å². The first-order chi connectivity index (χ1) is 9.04. The van der Waals surface area contributed by atoms with Crippen molar-refractivity contribution >= 4 is 23.6 Å². The highest BCUT2D eigenvalue weighted by Crippen LogP contribution is 2.22. The molecule has 0 aliphatic carbocycles. The van der Waals surface area contributed by atoms with Gasteiger partial charge in [-0.2, -0.15) is 0 Å². The lowest BCUT2D eigenvalue weighted by Gasteiger charge is -2.03. The fourth-order valence-electron chi connectivity index (χ4n) is 1.33. The van der Waals surface area contributed by atoms with Crippen LogP contribution in [0.2, 0.25) is 0 Å². The van der Waals surface area contributed by atoms with Crippen molar-refractivity contribution in [2.75, 3.05) is 11.1 Å². The predicted molar refractivity (Wildman–Crippen MR) is 67.0 cm³/mol. The maximum absolute atomic E-state index is 13.3. The van der Waals surface area contributed by atoms with Crippen molar-refractivity contribution in [3.8, 4) is 0 Å². The Morgan fingerprint density at radius 2 is 2.21 bits per heavy atom. The molecule has 1 heterocycles. The minimum atomic E-state index is -0.687. The average Bonchev–Trinajstić information content (AvgIpc) is 2.73. The van der Waals surface area contributed by atoms with Crippen molar-refractivity contribution in [2.45, 2.75) is 11.8 Å². The molecule has 2 rings (SSSR count). The van der Waals surface area contributed by atoms with Crippen molar-refractivity contribution in [3.63, 3.8) is 0 Å². The standard InChI is InChI=1S/C12H10F2N2O2S/c1-7-4-12(18-16-7)15-11(17)6-19-10-3-2-8(13)5-9(10)14/h2-5H,6H2,1H3,(H,15,17). The topological polar surface area (TPSA) is 55.1 Å². The van der Waals surface area contributed by atoms with Gasteiger partial charge < -0.3 is 4.52 Å². The molecule has 19 heavy (non-hydrogen) atoms. The molecule has 100 valence electrons. The molecule has 0 aliphatic rings. The van der Waals surface area contributed by atoms with Crippen molar-refractivity contribution in [1.82, 2.24) is 5.16 Å². The van der Waals surface area contributed by atoms with Crippen molar-refractivity contribution < 1.29 is 18.1 Å². The van der Waals surface area contributed by atoms with E-state index in [-0.39, 0.29) is 22.4 Å². The molecule has 4 nitrogen and oxygen atoms in total. The molecular weight excluding hydrogens is 274 g/mol. The van der Waals surface area contributed by atoms with Gasteiger partial charge in [0.05, 0.1) is 11.4 Å². The van der Waals surface area contributed by atoms with Crippen LogP contribution < -0.4 is 5.32 Å². The summed E-state index contributed by atoms with van der Waals surface area (Å²) in [6.45, 7) is 1.72. The van der Waals surface area contributed by atoms with Crippen molar-refractivity contribution in [2.24, 2.45) is 0 Å². The Morgan fingerprint density at radius 3 is 2.84 bits per heavy atom. The molecule has 1 aromatic carbocycles. The molecule has 1 aromatic heterocycles. The van der Waals surface area contributed by atoms with Crippen molar-refractivity contribution in [3.05, 3.63) is 41.6 Å². The molecule has 1 N–H and O–H groups in total. The summed E-state index contributed by atoms with van der Waals surface area (Å²) in [7, 11) is 0. The summed E-state index contributed by atoms with van der Waals surface area (Å²) in [6, 6.07) is 4.78. The molecule has 0 saturated carbocycles. The number of anilines is 1. The number of halogens is 2. The Hall–Kier alpha value is -1.89. The third kappa shape index (κ3) is 3.78. The van der Waals surface area contributed by atoms with Gasteiger partial charge in [0, 0.05) is 17.0 Å². The van der Waals surface area contributed by atoms with Gasteiger partial charge in [-0.3, -0.25) is 10.1 Å². The van der Waals surface area contributed by atoms with Gasteiger partial charge in [0.15, 0.2) is 0 Å². The van der Waals surface area contributed by atoms with E-state index in [0.717, 1.165) is 23.9 Å². The number of nitrogens with zero attached hydrogens (tertiary/aromatic N) is 1. The normalized spacial score (nSPS) is 10.5.